The van der Waals surface area contributed by atoms with Crippen LogP contribution in [-0.4, -0.2) is 5.11 Å². The number of hydrogen-bond acceptors (Lipinski definition) is 3. The summed E-state index contributed by atoms with van der Waals surface area (Å²) in [5.74, 6) is 0. The van der Waals surface area contributed by atoms with E-state index in [1.807, 2.05) is 17.5 Å². The molecule has 0 amide bonds. The minimum atomic E-state index is -0.409. The molecule has 0 aliphatic heterocycles. The molecular weight excluding hydrogens is 328 g/mol. The van der Waals surface area contributed by atoms with Crippen molar-refractivity contribution in [1.82, 2.24) is 0 Å². The molecule has 0 radical (unpaired) electrons. The lowest BCUT2D eigenvalue weighted by Gasteiger charge is -2.05. The quantitative estimate of drug-likeness (QED) is 0.712. The van der Waals surface area contributed by atoms with E-state index in [4.69, 9.17) is 0 Å². The van der Waals surface area contributed by atoms with Gasteiger partial charge in [-0.2, -0.15) is 0 Å². The SMILES string of the molecule is OC(Cc1cc(Br)cs1)c1cc2ccccc2s1. The number of aliphatic hydroxyl groups is 1. The van der Waals surface area contributed by atoms with Crippen LogP contribution in [0.25, 0.3) is 10.1 Å². The lowest BCUT2D eigenvalue weighted by Crippen LogP contribution is -1.97. The Bertz CT molecular complexity index is 638. The van der Waals surface area contributed by atoms with Gasteiger partial charge in [0.05, 0.1) is 6.10 Å². The first kappa shape index (κ1) is 12.4. The van der Waals surface area contributed by atoms with Crippen molar-refractivity contribution in [3.63, 3.8) is 0 Å². The summed E-state index contributed by atoms with van der Waals surface area (Å²) in [6.45, 7) is 0. The van der Waals surface area contributed by atoms with Gasteiger partial charge in [-0.05, 0) is 39.5 Å². The Labute approximate surface area is 122 Å². The second kappa shape index (κ2) is 5.13. The van der Waals surface area contributed by atoms with Gasteiger partial charge in [-0.25, -0.2) is 0 Å². The predicted molar refractivity (Wildman–Crippen MR) is 82.5 cm³/mol. The lowest BCUT2D eigenvalue weighted by atomic mass is 10.1. The second-order valence-electron chi connectivity index (χ2n) is 4.14. The number of halogens is 1. The molecule has 3 aromatic rings. The van der Waals surface area contributed by atoms with Crippen LogP contribution in [0.3, 0.4) is 0 Å². The summed E-state index contributed by atoms with van der Waals surface area (Å²) in [4.78, 5) is 2.24. The van der Waals surface area contributed by atoms with Crippen molar-refractivity contribution in [3.05, 3.63) is 56.0 Å². The molecule has 2 aromatic heterocycles. The first-order chi connectivity index (χ1) is 8.72. The highest BCUT2D eigenvalue weighted by atomic mass is 79.9. The van der Waals surface area contributed by atoms with Crippen LogP contribution < -0.4 is 0 Å². The van der Waals surface area contributed by atoms with E-state index in [0.717, 1.165) is 9.35 Å². The fraction of sp³-hybridized carbons (Fsp3) is 0.143. The lowest BCUT2D eigenvalue weighted by molar-refractivity contribution is 0.183. The van der Waals surface area contributed by atoms with Crippen LogP contribution in [0.1, 0.15) is 15.9 Å². The number of rotatable bonds is 3. The second-order valence-corrected chi connectivity index (χ2v) is 7.16. The number of thiophene rings is 2. The maximum Gasteiger partial charge on any atom is 0.0930 e. The molecule has 18 heavy (non-hydrogen) atoms. The third-order valence-corrected chi connectivity index (χ3v) is 5.73. The van der Waals surface area contributed by atoms with E-state index in [-0.39, 0.29) is 0 Å². The minimum absolute atomic E-state index is 0.409. The Kier molecular flexibility index (Phi) is 3.52. The first-order valence-corrected chi connectivity index (χ1v) is 8.11. The summed E-state index contributed by atoms with van der Waals surface area (Å²) in [6.07, 6.45) is 0.274. The van der Waals surface area contributed by atoms with Gasteiger partial charge >= 0.3 is 0 Å². The molecule has 0 fully saturated rings. The van der Waals surface area contributed by atoms with Crippen LogP contribution in [0.5, 0.6) is 0 Å². The molecule has 1 nitrogen and oxygen atoms in total. The van der Waals surface area contributed by atoms with Crippen LogP contribution in [-0.2, 0) is 6.42 Å². The summed E-state index contributed by atoms with van der Waals surface area (Å²) >= 11 is 6.79. The van der Waals surface area contributed by atoms with Gasteiger partial charge in [0.2, 0.25) is 0 Å². The van der Waals surface area contributed by atoms with Crippen molar-refractivity contribution in [2.45, 2.75) is 12.5 Å². The van der Waals surface area contributed by atoms with Gasteiger partial charge in [-0.3, -0.25) is 0 Å². The van der Waals surface area contributed by atoms with Gasteiger partial charge in [0.1, 0.15) is 0 Å². The molecule has 0 aliphatic carbocycles. The molecule has 3 rings (SSSR count). The van der Waals surface area contributed by atoms with E-state index >= 15 is 0 Å². The fourth-order valence-electron chi connectivity index (χ4n) is 1.92. The van der Waals surface area contributed by atoms with E-state index in [1.165, 1.54) is 15.0 Å². The molecule has 92 valence electrons. The molecule has 2 heterocycles. The topological polar surface area (TPSA) is 20.2 Å². The Balaban J connectivity index is 1.85. The number of hydrogen-bond donors (Lipinski definition) is 1. The van der Waals surface area contributed by atoms with Gasteiger partial charge < -0.3 is 5.11 Å². The highest BCUT2D eigenvalue weighted by Crippen LogP contribution is 2.32. The van der Waals surface area contributed by atoms with Gasteiger partial charge in [-0.15, -0.1) is 22.7 Å². The number of fused-ring (bicyclic) bond motifs is 1. The van der Waals surface area contributed by atoms with Crippen LogP contribution >= 0.6 is 38.6 Å². The van der Waals surface area contributed by atoms with Gasteiger partial charge in [0, 0.05) is 30.7 Å². The molecular formula is C14H11BrOS2. The number of benzene rings is 1. The molecule has 0 aliphatic rings. The van der Waals surface area contributed by atoms with Crippen LogP contribution in [0.4, 0.5) is 0 Å². The van der Waals surface area contributed by atoms with Crippen LogP contribution in [0.15, 0.2) is 46.3 Å². The Hall–Kier alpha value is -0.680. The third-order valence-electron chi connectivity index (χ3n) is 2.79. The normalized spacial score (nSPS) is 13.0. The average molecular weight is 339 g/mol. The zero-order valence-electron chi connectivity index (χ0n) is 9.47. The summed E-state index contributed by atoms with van der Waals surface area (Å²) in [5.41, 5.74) is 0. The Morgan fingerprint density at radius 2 is 2.06 bits per heavy atom. The Morgan fingerprint density at radius 1 is 1.22 bits per heavy atom. The van der Waals surface area contributed by atoms with Crippen LogP contribution in [0.2, 0.25) is 0 Å². The van der Waals surface area contributed by atoms with Crippen molar-refractivity contribution in [2.24, 2.45) is 0 Å². The van der Waals surface area contributed by atoms with Crippen molar-refractivity contribution in [2.75, 3.05) is 0 Å². The maximum absolute atomic E-state index is 10.3. The standard InChI is InChI=1S/C14H11BrOS2/c15-10-6-11(17-8-10)7-12(16)14-5-9-3-1-2-4-13(9)18-14/h1-6,8,12,16H,7H2. The van der Waals surface area contributed by atoms with E-state index in [9.17, 15) is 5.11 Å². The first-order valence-electron chi connectivity index (χ1n) is 5.62. The average Bonchev–Trinajstić information content (AvgIpc) is 2.95. The van der Waals surface area contributed by atoms with Crippen LogP contribution in [0, 0.1) is 0 Å². The molecule has 1 atom stereocenters. The molecule has 0 saturated heterocycles. The summed E-state index contributed by atoms with van der Waals surface area (Å²) in [5, 5.41) is 13.5. The minimum Gasteiger partial charge on any atom is -0.387 e. The molecule has 1 N–H and O–H groups in total. The summed E-state index contributed by atoms with van der Waals surface area (Å²) in [6, 6.07) is 12.4. The van der Waals surface area contributed by atoms with Gasteiger partial charge in [0.15, 0.2) is 0 Å². The molecule has 0 saturated carbocycles. The predicted octanol–water partition coefficient (Wildman–Crippen LogP) is 5.00. The zero-order valence-corrected chi connectivity index (χ0v) is 12.7. The molecule has 1 aromatic carbocycles. The van der Waals surface area contributed by atoms with E-state index in [1.54, 1.807) is 22.7 Å². The van der Waals surface area contributed by atoms with Crippen molar-refractivity contribution in [1.29, 1.82) is 0 Å². The van der Waals surface area contributed by atoms with Crippen molar-refractivity contribution < 1.29 is 5.11 Å². The van der Waals surface area contributed by atoms with Gasteiger partial charge in [-0.1, -0.05) is 18.2 Å². The smallest absolute Gasteiger partial charge is 0.0930 e. The van der Waals surface area contributed by atoms with E-state index in [0.29, 0.717) is 6.42 Å². The third kappa shape index (κ3) is 2.52. The molecule has 0 spiro atoms. The van der Waals surface area contributed by atoms with Gasteiger partial charge in [0.25, 0.3) is 0 Å². The molecule has 1 unspecified atom stereocenters. The zero-order chi connectivity index (χ0) is 12.5. The molecule has 4 heteroatoms. The van der Waals surface area contributed by atoms with Crippen molar-refractivity contribution >= 4 is 48.7 Å². The Morgan fingerprint density at radius 3 is 2.78 bits per heavy atom. The highest BCUT2D eigenvalue weighted by molar-refractivity contribution is 9.10. The summed E-state index contributed by atoms with van der Waals surface area (Å²) < 4.78 is 2.32. The maximum atomic E-state index is 10.3. The van der Waals surface area contributed by atoms with Crippen molar-refractivity contribution in [3.8, 4) is 0 Å². The summed E-state index contributed by atoms with van der Waals surface area (Å²) in [7, 11) is 0. The van der Waals surface area contributed by atoms with E-state index < -0.39 is 6.10 Å². The number of aliphatic hydroxyl groups excluding tert-OH is 1. The monoisotopic (exact) mass is 338 g/mol. The van der Waals surface area contributed by atoms with E-state index in [2.05, 4.69) is 40.2 Å². The fourth-order valence-corrected chi connectivity index (χ4v) is 4.46. The largest absolute Gasteiger partial charge is 0.387 e. The highest BCUT2D eigenvalue weighted by Gasteiger charge is 2.13. The molecule has 0 bridgehead atoms.